The van der Waals surface area contributed by atoms with Crippen molar-refractivity contribution >= 4 is 5.91 Å². The second-order valence-corrected chi connectivity index (χ2v) is 5.46. The summed E-state index contributed by atoms with van der Waals surface area (Å²) in [5, 5.41) is 2.81. The molecule has 0 radical (unpaired) electrons. The number of rotatable bonds is 5. The van der Waals surface area contributed by atoms with E-state index in [1.165, 1.54) is 6.07 Å². The Morgan fingerprint density at radius 2 is 2.10 bits per heavy atom. The summed E-state index contributed by atoms with van der Waals surface area (Å²) in [5.41, 5.74) is 0.510. The van der Waals surface area contributed by atoms with Crippen molar-refractivity contribution in [1.29, 1.82) is 0 Å². The minimum absolute atomic E-state index is 0.0610. The average molecular weight is 294 g/mol. The maximum absolute atomic E-state index is 13.5. The first-order chi connectivity index (χ1) is 10.1. The molecule has 116 valence electrons. The van der Waals surface area contributed by atoms with Crippen LogP contribution in [0.25, 0.3) is 0 Å². The Balaban J connectivity index is 1.82. The number of hydrogen-bond acceptors (Lipinski definition) is 3. The lowest BCUT2D eigenvalue weighted by Gasteiger charge is -2.34. The first-order valence-electron chi connectivity index (χ1n) is 7.39. The molecule has 2 rings (SSSR count). The smallest absolute Gasteiger partial charge is 0.237 e. The van der Waals surface area contributed by atoms with Crippen molar-refractivity contribution < 1.29 is 13.9 Å². The summed E-state index contributed by atoms with van der Waals surface area (Å²) in [6, 6.07) is 6.30. The second-order valence-electron chi connectivity index (χ2n) is 5.46. The fraction of sp³-hybridized carbons (Fsp3) is 0.562. The molecule has 1 unspecified atom stereocenters. The third kappa shape index (κ3) is 4.25. The number of halogens is 1. The zero-order chi connectivity index (χ0) is 15.2. The standard InChI is InChI=1S/C16H23FN2O2/c1-12(19-9-7-14(21-2)8-10-19)16(20)18-11-13-5-3-4-6-15(13)17/h3-6,12,14H,7-11H2,1-2H3,(H,18,20). The highest BCUT2D eigenvalue weighted by Crippen LogP contribution is 2.15. The van der Waals surface area contributed by atoms with Gasteiger partial charge < -0.3 is 10.1 Å². The summed E-state index contributed by atoms with van der Waals surface area (Å²) in [7, 11) is 1.73. The van der Waals surface area contributed by atoms with Crippen LogP contribution in [-0.4, -0.2) is 43.2 Å². The molecule has 1 aliphatic heterocycles. The number of carbonyl (C=O) groups is 1. The highest BCUT2D eigenvalue weighted by atomic mass is 19.1. The molecule has 1 aliphatic rings. The van der Waals surface area contributed by atoms with Crippen LogP contribution >= 0.6 is 0 Å². The molecule has 1 saturated heterocycles. The molecule has 5 heteroatoms. The molecule has 0 aliphatic carbocycles. The van der Waals surface area contributed by atoms with Gasteiger partial charge in [-0.05, 0) is 25.8 Å². The highest BCUT2D eigenvalue weighted by molar-refractivity contribution is 5.81. The SMILES string of the molecule is COC1CCN(C(C)C(=O)NCc2ccccc2F)CC1. The molecule has 1 atom stereocenters. The topological polar surface area (TPSA) is 41.6 Å². The van der Waals surface area contributed by atoms with E-state index in [1.54, 1.807) is 25.3 Å². The zero-order valence-electron chi connectivity index (χ0n) is 12.6. The minimum atomic E-state index is -0.286. The molecule has 1 heterocycles. The van der Waals surface area contributed by atoms with Crippen molar-refractivity contribution in [1.82, 2.24) is 10.2 Å². The average Bonchev–Trinajstić information content (AvgIpc) is 2.53. The minimum Gasteiger partial charge on any atom is -0.381 e. The number of amides is 1. The Hall–Kier alpha value is -1.46. The number of methoxy groups -OCH3 is 1. The summed E-state index contributed by atoms with van der Waals surface area (Å²) in [6.45, 7) is 3.83. The van der Waals surface area contributed by atoms with Crippen molar-refractivity contribution in [2.75, 3.05) is 20.2 Å². The molecule has 1 amide bonds. The van der Waals surface area contributed by atoms with Gasteiger partial charge in [0, 0.05) is 32.3 Å². The van der Waals surface area contributed by atoms with Crippen LogP contribution in [0.2, 0.25) is 0 Å². The third-order valence-corrected chi connectivity index (χ3v) is 4.15. The predicted molar refractivity (Wildman–Crippen MR) is 79.3 cm³/mol. The quantitative estimate of drug-likeness (QED) is 0.902. The van der Waals surface area contributed by atoms with E-state index in [9.17, 15) is 9.18 Å². The van der Waals surface area contributed by atoms with E-state index >= 15 is 0 Å². The summed E-state index contributed by atoms with van der Waals surface area (Å²) in [6.07, 6.45) is 2.19. The van der Waals surface area contributed by atoms with Crippen molar-refractivity contribution in [3.63, 3.8) is 0 Å². The number of piperidine rings is 1. The van der Waals surface area contributed by atoms with Crippen LogP contribution in [0.15, 0.2) is 24.3 Å². The van der Waals surface area contributed by atoms with Gasteiger partial charge in [-0.3, -0.25) is 9.69 Å². The van der Waals surface area contributed by atoms with Gasteiger partial charge >= 0.3 is 0 Å². The number of nitrogens with one attached hydrogen (secondary N) is 1. The first-order valence-corrected chi connectivity index (χ1v) is 7.39. The molecule has 0 saturated carbocycles. The number of likely N-dealkylation sites (tertiary alicyclic amines) is 1. The van der Waals surface area contributed by atoms with Gasteiger partial charge in [-0.1, -0.05) is 18.2 Å². The Labute approximate surface area is 125 Å². The Morgan fingerprint density at radius 3 is 2.71 bits per heavy atom. The molecule has 1 aromatic carbocycles. The molecule has 1 N–H and O–H groups in total. The summed E-state index contributed by atoms with van der Waals surface area (Å²) < 4.78 is 18.8. The lowest BCUT2D eigenvalue weighted by Crippen LogP contribution is -2.49. The maximum Gasteiger partial charge on any atom is 0.237 e. The number of benzene rings is 1. The van der Waals surface area contributed by atoms with Crippen LogP contribution in [0.3, 0.4) is 0 Å². The van der Waals surface area contributed by atoms with Gasteiger partial charge in [0.25, 0.3) is 0 Å². The van der Waals surface area contributed by atoms with E-state index in [4.69, 9.17) is 4.74 Å². The van der Waals surface area contributed by atoms with E-state index in [0.717, 1.165) is 25.9 Å². The molecular weight excluding hydrogens is 271 g/mol. The highest BCUT2D eigenvalue weighted by Gasteiger charge is 2.26. The Bertz CT molecular complexity index is 473. The largest absolute Gasteiger partial charge is 0.381 e. The van der Waals surface area contributed by atoms with E-state index in [0.29, 0.717) is 11.7 Å². The number of carbonyl (C=O) groups excluding carboxylic acids is 1. The summed E-state index contributed by atoms with van der Waals surface area (Å²) >= 11 is 0. The van der Waals surface area contributed by atoms with Crippen LogP contribution in [0.4, 0.5) is 4.39 Å². The van der Waals surface area contributed by atoms with E-state index in [2.05, 4.69) is 10.2 Å². The molecule has 21 heavy (non-hydrogen) atoms. The van der Waals surface area contributed by atoms with Gasteiger partial charge in [0.2, 0.25) is 5.91 Å². The van der Waals surface area contributed by atoms with Crippen LogP contribution < -0.4 is 5.32 Å². The van der Waals surface area contributed by atoms with Gasteiger partial charge in [0.05, 0.1) is 12.1 Å². The van der Waals surface area contributed by atoms with Crippen LogP contribution in [-0.2, 0) is 16.1 Å². The molecule has 0 spiro atoms. The molecule has 0 aromatic heterocycles. The van der Waals surface area contributed by atoms with Crippen molar-refractivity contribution in [3.8, 4) is 0 Å². The predicted octanol–water partition coefficient (Wildman–Crippen LogP) is 1.94. The van der Waals surface area contributed by atoms with Gasteiger partial charge in [-0.2, -0.15) is 0 Å². The van der Waals surface area contributed by atoms with Crippen molar-refractivity contribution in [2.45, 2.75) is 38.5 Å². The lowest BCUT2D eigenvalue weighted by molar-refractivity contribution is -0.127. The number of hydrogen-bond donors (Lipinski definition) is 1. The normalized spacial score (nSPS) is 18.4. The van der Waals surface area contributed by atoms with Gasteiger partial charge in [-0.15, -0.1) is 0 Å². The van der Waals surface area contributed by atoms with Crippen molar-refractivity contribution in [2.24, 2.45) is 0 Å². The molecular formula is C16H23FN2O2. The maximum atomic E-state index is 13.5. The van der Waals surface area contributed by atoms with Gasteiger partial charge in [0.15, 0.2) is 0 Å². The fourth-order valence-electron chi connectivity index (χ4n) is 2.64. The number of ether oxygens (including phenoxy) is 1. The Morgan fingerprint density at radius 1 is 1.43 bits per heavy atom. The molecule has 1 aromatic rings. The lowest BCUT2D eigenvalue weighted by atomic mass is 10.1. The summed E-state index contributed by atoms with van der Waals surface area (Å²) in [5.74, 6) is -0.347. The summed E-state index contributed by atoms with van der Waals surface area (Å²) in [4.78, 5) is 14.3. The molecule has 1 fully saturated rings. The van der Waals surface area contributed by atoms with Gasteiger partial charge in [-0.25, -0.2) is 4.39 Å². The van der Waals surface area contributed by atoms with E-state index in [1.807, 2.05) is 6.92 Å². The Kier molecular flexibility index (Phi) is 5.70. The van der Waals surface area contributed by atoms with Crippen LogP contribution in [0.5, 0.6) is 0 Å². The third-order valence-electron chi connectivity index (χ3n) is 4.15. The molecule has 0 bridgehead atoms. The van der Waals surface area contributed by atoms with Crippen molar-refractivity contribution in [3.05, 3.63) is 35.6 Å². The number of nitrogens with zero attached hydrogens (tertiary/aromatic N) is 1. The molecule has 4 nitrogen and oxygen atoms in total. The fourth-order valence-corrected chi connectivity index (χ4v) is 2.64. The monoisotopic (exact) mass is 294 g/mol. The zero-order valence-corrected chi connectivity index (χ0v) is 12.6. The van der Waals surface area contributed by atoms with Crippen LogP contribution in [0, 0.1) is 5.82 Å². The first kappa shape index (κ1) is 15.9. The van der Waals surface area contributed by atoms with E-state index < -0.39 is 0 Å². The van der Waals surface area contributed by atoms with E-state index in [-0.39, 0.29) is 24.3 Å². The second kappa shape index (κ2) is 7.52. The van der Waals surface area contributed by atoms with Gasteiger partial charge in [0.1, 0.15) is 5.82 Å². The van der Waals surface area contributed by atoms with Crippen LogP contribution in [0.1, 0.15) is 25.3 Å².